The standard InChI is InChI=1S/C26H33N3O2/c1-18(2)21-12-6-9-15-24(21)31-17-11-10-16-29-23-14-8-7-13-22(23)28-25(29)20(5)27-26(30)19(3)4/h6-9,12-15,18,20H,3,10-11,16-17H2,1-2,4-5H3,(H,27,30). The number of rotatable bonds is 10. The van der Waals surface area contributed by atoms with Gasteiger partial charge in [-0.3, -0.25) is 4.79 Å². The van der Waals surface area contributed by atoms with E-state index in [0.717, 1.165) is 42.0 Å². The zero-order chi connectivity index (χ0) is 22.4. The Bertz CT molecular complexity index is 1050. The summed E-state index contributed by atoms with van der Waals surface area (Å²) in [5.74, 6) is 2.12. The van der Waals surface area contributed by atoms with E-state index in [1.165, 1.54) is 5.56 Å². The van der Waals surface area contributed by atoms with Crippen molar-refractivity contribution in [3.05, 3.63) is 72.1 Å². The molecule has 1 amide bonds. The maximum Gasteiger partial charge on any atom is 0.246 e. The van der Waals surface area contributed by atoms with Crippen molar-refractivity contribution in [2.75, 3.05) is 6.61 Å². The normalized spacial score (nSPS) is 12.2. The third-order valence-electron chi connectivity index (χ3n) is 5.38. The van der Waals surface area contributed by atoms with Gasteiger partial charge >= 0.3 is 0 Å². The van der Waals surface area contributed by atoms with Crippen LogP contribution in [0, 0.1) is 0 Å². The van der Waals surface area contributed by atoms with Gasteiger partial charge in [0.05, 0.1) is 23.7 Å². The second-order valence-corrected chi connectivity index (χ2v) is 8.33. The predicted molar refractivity (Wildman–Crippen MR) is 126 cm³/mol. The Kier molecular flexibility index (Phi) is 7.50. The second-order valence-electron chi connectivity index (χ2n) is 8.33. The lowest BCUT2D eigenvalue weighted by Crippen LogP contribution is -2.29. The number of nitrogens with zero attached hydrogens (tertiary/aromatic N) is 2. The topological polar surface area (TPSA) is 56.2 Å². The lowest BCUT2D eigenvalue weighted by Gasteiger charge is -2.17. The van der Waals surface area contributed by atoms with Gasteiger partial charge in [-0.25, -0.2) is 4.98 Å². The van der Waals surface area contributed by atoms with Crippen molar-refractivity contribution in [2.24, 2.45) is 0 Å². The summed E-state index contributed by atoms with van der Waals surface area (Å²) < 4.78 is 8.28. The van der Waals surface area contributed by atoms with Crippen LogP contribution in [0.25, 0.3) is 11.0 Å². The molecule has 5 nitrogen and oxygen atoms in total. The second kappa shape index (κ2) is 10.3. The molecule has 0 bridgehead atoms. The largest absolute Gasteiger partial charge is 0.493 e. The number of unbranched alkanes of at least 4 members (excludes halogenated alkanes) is 1. The third kappa shape index (κ3) is 5.54. The van der Waals surface area contributed by atoms with E-state index in [1.54, 1.807) is 6.92 Å². The average molecular weight is 420 g/mol. The highest BCUT2D eigenvalue weighted by molar-refractivity contribution is 5.92. The van der Waals surface area contributed by atoms with E-state index in [-0.39, 0.29) is 11.9 Å². The van der Waals surface area contributed by atoms with Crippen molar-refractivity contribution in [2.45, 2.75) is 59.0 Å². The minimum atomic E-state index is -0.203. The number of aryl methyl sites for hydroxylation is 1. The Labute approximate surface area is 185 Å². The van der Waals surface area contributed by atoms with E-state index in [2.05, 4.69) is 48.5 Å². The Balaban J connectivity index is 1.66. The fourth-order valence-corrected chi connectivity index (χ4v) is 3.69. The van der Waals surface area contributed by atoms with Crippen LogP contribution in [-0.2, 0) is 11.3 Å². The van der Waals surface area contributed by atoms with Crippen molar-refractivity contribution < 1.29 is 9.53 Å². The van der Waals surface area contributed by atoms with E-state index in [4.69, 9.17) is 9.72 Å². The van der Waals surface area contributed by atoms with E-state index < -0.39 is 0 Å². The number of fused-ring (bicyclic) bond motifs is 1. The van der Waals surface area contributed by atoms with Crippen LogP contribution < -0.4 is 10.1 Å². The van der Waals surface area contributed by atoms with Crippen LogP contribution in [0.15, 0.2) is 60.7 Å². The fraction of sp³-hybridized carbons (Fsp3) is 0.385. The van der Waals surface area contributed by atoms with Crippen molar-refractivity contribution >= 4 is 16.9 Å². The number of ether oxygens (including phenoxy) is 1. The van der Waals surface area contributed by atoms with E-state index in [9.17, 15) is 4.79 Å². The third-order valence-corrected chi connectivity index (χ3v) is 5.38. The summed E-state index contributed by atoms with van der Waals surface area (Å²) in [6.07, 6.45) is 1.89. The molecule has 5 heteroatoms. The first-order valence-electron chi connectivity index (χ1n) is 11.0. The molecule has 1 unspecified atom stereocenters. The number of carbonyl (C=O) groups excluding carboxylic acids is 1. The van der Waals surface area contributed by atoms with Gasteiger partial charge in [0.25, 0.3) is 0 Å². The van der Waals surface area contributed by atoms with Crippen LogP contribution in [0.1, 0.15) is 63.9 Å². The summed E-state index contributed by atoms with van der Waals surface area (Å²) in [6.45, 7) is 13.3. The minimum Gasteiger partial charge on any atom is -0.493 e. The van der Waals surface area contributed by atoms with Crippen molar-refractivity contribution in [1.82, 2.24) is 14.9 Å². The number of imidazole rings is 1. The molecule has 1 heterocycles. The van der Waals surface area contributed by atoms with Crippen LogP contribution in [0.4, 0.5) is 0 Å². The van der Waals surface area contributed by atoms with Gasteiger partial charge < -0.3 is 14.6 Å². The molecule has 164 valence electrons. The number of hydrogen-bond donors (Lipinski definition) is 1. The molecule has 0 spiro atoms. The summed E-state index contributed by atoms with van der Waals surface area (Å²) in [6, 6.07) is 16.1. The van der Waals surface area contributed by atoms with Gasteiger partial charge in [0.2, 0.25) is 5.91 Å². The molecule has 1 N–H and O–H groups in total. The molecule has 3 aromatic rings. The van der Waals surface area contributed by atoms with Crippen molar-refractivity contribution in [3.8, 4) is 5.75 Å². The zero-order valence-electron chi connectivity index (χ0n) is 19.0. The highest BCUT2D eigenvalue weighted by atomic mass is 16.5. The van der Waals surface area contributed by atoms with Crippen LogP contribution >= 0.6 is 0 Å². The lowest BCUT2D eigenvalue weighted by molar-refractivity contribution is -0.118. The summed E-state index contributed by atoms with van der Waals surface area (Å²) >= 11 is 0. The van der Waals surface area contributed by atoms with E-state index >= 15 is 0 Å². The molecule has 0 aliphatic carbocycles. The van der Waals surface area contributed by atoms with Crippen molar-refractivity contribution in [1.29, 1.82) is 0 Å². The summed E-state index contributed by atoms with van der Waals surface area (Å²) in [4.78, 5) is 16.9. The molecule has 2 aromatic carbocycles. The van der Waals surface area contributed by atoms with E-state index in [1.807, 2.05) is 37.3 Å². The first kappa shape index (κ1) is 22.6. The summed E-state index contributed by atoms with van der Waals surface area (Å²) in [5.41, 5.74) is 3.76. The zero-order valence-corrected chi connectivity index (χ0v) is 19.0. The molecule has 31 heavy (non-hydrogen) atoms. The monoisotopic (exact) mass is 419 g/mol. The van der Waals surface area contributed by atoms with Crippen LogP contribution in [0.2, 0.25) is 0 Å². The highest BCUT2D eigenvalue weighted by Crippen LogP contribution is 2.26. The predicted octanol–water partition coefficient (Wildman–Crippen LogP) is 5.77. The Morgan fingerprint density at radius 1 is 1.10 bits per heavy atom. The molecule has 0 fully saturated rings. The maximum absolute atomic E-state index is 12.1. The number of aromatic nitrogens is 2. The van der Waals surface area contributed by atoms with Gasteiger partial charge in [0.1, 0.15) is 11.6 Å². The average Bonchev–Trinajstić information content (AvgIpc) is 3.12. The minimum absolute atomic E-state index is 0.150. The summed E-state index contributed by atoms with van der Waals surface area (Å²) in [5, 5.41) is 2.99. The quantitative estimate of drug-likeness (QED) is 0.335. The molecular weight excluding hydrogens is 386 g/mol. The smallest absolute Gasteiger partial charge is 0.246 e. The number of benzene rings is 2. The summed E-state index contributed by atoms with van der Waals surface area (Å²) in [7, 11) is 0. The molecule has 0 saturated heterocycles. The molecule has 1 atom stereocenters. The fourth-order valence-electron chi connectivity index (χ4n) is 3.69. The molecule has 1 aromatic heterocycles. The number of nitrogens with one attached hydrogen (secondary N) is 1. The molecule has 3 rings (SSSR count). The Morgan fingerprint density at radius 3 is 2.55 bits per heavy atom. The van der Waals surface area contributed by atoms with Gasteiger partial charge in [-0.2, -0.15) is 0 Å². The van der Waals surface area contributed by atoms with Gasteiger partial charge in [-0.15, -0.1) is 0 Å². The molecule has 0 saturated carbocycles. The maximum atomic E-state index is 12.1. The first-order chi connectivity index (χ1) is 14.9. The van der Waals surface area contributed by atoms with Crippen LogP contribution in [-0.4, -0.2) is 22.1 Å². The van der Waals surface area contributed by atoms with Gasteiger partial charge in [0, 0.05) is 12.1 Å². The Morgan fingerprint density at radius 2 is 1.81 bits per heavy atom. The van der Waals surface area contributed by atoms with E-state index in [0.29, 0.717) is 18.1 Å². The molecular formula is C26H33N3O2. The van der Waals surface area contributed by atoms with Crippen LogP contribution in [0.3, 0.4) is 0 Å². The van der Waals surface area contributed by atoms with Gasteiger partial charge in [-0.05, 0) is 56.4 Å². The first-order valence-corrected chi connectivity index (χ1v) is 11.0. The van der Waals surface area contributed by atoms with Gasteiger partial charge in [-0.1, -0.05) is 50.8 Å². The Hall–Kier alpha value is -3.08. The lowest BCUT2D eigenvalue weighted by atomic mass is 10.0. The SMILES string of the molecule is C=C(C)C(=O)NC(C)c1nc2ccccc2n1CCCCOc1ccccc1C(C)C. The molecule has 0 aliphatic heterocycles. The molecule has 0 aliphatic rings. The number of amides is 1. The number of carbonyl (C=O) groups is 1. The van der Waals surface area contributed by atoms with Crippen molar-refractivity contribution in [3.63, 3.8) is 0 Å². The molecule has 0 radical (unpaired) electrons. The van der Waals surface area contributed by atoms with Gasteiger partial charge in [0.15, 0.2) is 0 Å². The highest BCUT2D eigenvalue weighted by Gasteiger charge is 2.18. The van der Waals surface area contributed by atoms with Crippen LogP contribution in [0.5, 0.6) is 5.75 Å². The number of hydrogen-bond acceptors (Lipinski definition) is 3. The number of para-hydroxylation sites is 3.